The van der Waals surface area contributed by atoms with Crippen LogP contribution in [-0.4, -0.2) is 17.8 Å². The summed E-state index contributed by atoms with van der Waals surface area (Å²) in [6.07, 6.45) is -0.623. The molecule has 3 N–H and O–H groups in total. The first-order valence-electron chi connectivity index (χ1n) is 4.29. The molecule has 1 aromatic rings. The first-order valence-corrected chi connectivity index (χ1v) is 4.29. The zero-order valence-corrected chi connectivity index (χ0v) is 7.57. The summed E-state index contributed by atoms with van der Waals surface area (Å²) in [5.74, 6) is -0.625. The van der Waals surface area contributed by atoms with E-state index in [4.69, 9.17) is 5.73 Å². The van der Waals surface area contributed by atoms with Crippen LogP contribution < -0.4 is 5.73 Å². The van der Waals surface area contributed by atoms with Gasteiger partial charge >= 0.3 is 0 Å². The Morgan fingerprint density at radius 1 is 1.46 bits per heavy atom. The Hall–Kier alpha value is -0.930. The second-order valence-corrected chi connectivity index (χ2v) is 3.10. The molecule has 0 saturated carbocycles. The molecule has 2 nitrogen and oxygen atoms in total. The summed E-state index contributed by atoms with van der Waals surface area (Å²) in [4.78, 5) is 0. The van der Waals surface area contributed by atoms with E-state index in [1.165, 1.54) is 6.07 Å². The molecule has 0 radical (unpaired) electrons. The van der Waals surface area contributed by atoms with Gasteiger partial charge in [-0.15, -0.1) is 0 Å². The monoisotopic (exact) mass is 183 g/mol. The van der Waals surface area contributed by atoms with E-state index in [9.17, 15) is 9.50 Å². The van der Waals surface area contributed by atoms with Crippen molar-refractivity contribution in [1.29, 1.82) is 0 Å². The van der Waals surface area contributed by atoms with Gasteiger partial charge in [-0.2, -0.15) is 0 Å². The molecule has 0 fully saturated rings. The van der Waals surface area contributed by atoms with Crippen molar-refractivity contribution in [2.24, 2.45) is 5.73 Å². The lowest BCUT2D eigenvalue weighted by Gasteiger charge is -2.18. The normalized spacial score (nSPS) is 15.4. The third kappa shape index (κ3) is 2.26. The Labute approximate surface area is 77.2 Å². The highest BCUT2D eigenvalue weighted by molar-refractivity contribution is 5.22. The van der Waals surface area contributed by atoms with Gasteiger partial charge in [0.05, 0.1) is 6.10 Å². The minimum Gasteiger partial charge on any atom is -0.393 e. The third-order valence-corrected chi connectivity index (χ3v) is 2.14. The highest BCUT2D eigenvalue weighted by atomic mass is 19.1. The van der Waals surface area contributed by atoms with E-state index in [1.807, 2.05) is 0 Å². The predicted molar refractivity (Wildman–Crippen MR) is 49.9 cm³/mol. The molecule has 2 atom stereocenters. The fourth-order valence-corrected chi connectivity index (χ4v) is 1.36. The predicted octanol–water partition coefficient (Wildman–Crippen LogP) is 1.25. The maximum absolute atomic E-state index is 13.2. The van der Waals surface area contributed by atoms with Crippen LogP contribution in [0.25, 0.3) is 0 Å². The molecule has 0 saturated heterocycles. The van der Waals surface area contributed by atoms with Crippen LogP contribution in [0, 0.1) is 5.82 Å². The van der Waals surface area contributed by atoms with Crippen molar-refractivity contribution < 1.29 is 9.50 Å². The van der Waals surface area contributed by atoms with Gasteiger partial charge in [0.1, 0.15) is 5.82 Å². The van der Waals surface area contributed by atoms with Crippen LogP contribution in [0.1, 0.15) is 18.4 Å². The van der Waals surface area contributed by atoms with Crippen molar-refractivity contribution in [1.82, 2.24) is 0 Å². The van der Waals surface area contributed by atoms with Gasteiger partial charge in [0.15, 0.2) is 0 Å². The fourth-order valence-electron chi connectivity index (χ4n) is 1.36. The fraction of sp³-hybridized carbons (Fsp3) is 0.400. The van der Waals surface area contributed by atoms with E-state index >= 15 is 0 Å². The van der Waals surface area contributed by atoms with Crippen LogP contribution in [0.4, 0.5) is 4.39 Å². The summed E-state index contributed by atoms with van der Waals surface area (Å²) in [7, 11) is 0. The maximum Gasteiger partial charge on any atom is 0.126 e. The van der Waals surface area contributed by atoms with Crippen LogP contribution in [0.5, 0.6) is 0 Å². The largest absolute Gasteiger partial charge is 0.393 e. The molecule has 1 aromatic carbocycles. The average Bonchev–Trinajstić information content (AvgIpc) is 2.09. The standard InChI is InChI=1S/C10H14FNO/c1-7(13)9(6-12)8-4-2-3-5-10(8)11/h2-5,7,9,13H,6,12H2,1H3. The summed E-state index contributed by atoms with van der Waals surface area (Å²) in [5, 5.41) is 9.34. The topological polar surface area (TPSA) is 46.2 Å². The Kier molecular flexibility index (Phi) is 3.39. The lowest BCUT2D eigenvalue weighted by molar-refractivity contribution is 0.163. The molecule has 13 heavy (non-hydrogen) atoms. The summed E-state index contributed by atoms with van der Waals surface area (Å²) in [6.45, 7) is 1.86. The second kappa shape index (κ2) is 4.35. The lowest BCUT2D eigenvalue weighted by atomic mass is 9.94. The van der Waals surface area contributed by atoms with E-state index < -0.39 is 6.10 Å². The van der Waals surface area contributed by atoms with Crippen molar-refractivity contribution in [2.75, 3.05) is 6.54 Å². The summed E-state index contributed by atoms with van der Waals surface area (Å²) in [5.41, 5.74) is 5.93. The van der Waals surface area contributed by atoms with Gasteiger partial charge < -0.3 is 10.8 Å². The molecule has 0 amide bonds. The number of benzene rings is 1. The molecule has 0 bridgehead atoms. The smallest absolute Gasteiger partial charge is 0.126 e. The van der Waals surface area contributed by atoms with Gasteiger partial charge in [0, 0.05) is 12.5 Å². The van der Waals surface area contributed by atoms with Crippen molar-refractivity contribution in [2.45, 2.75) is 18.9 Å². The Morgan fingerprint density at radius 3 is 2.54 bits per heavy atom. The first kappa shape index (κ1) is 10.2. The second-order valence-electron chi connectivity index (χ2n) is 3.10. The molecule has 72 valence electrons. The molecule has 0 spiro atoms. The molecule has 3 heteroatoms. The average molecular weight is 183 g/mol. The Bertz CT molecular complexity index is 275. The zero-order chi connectivity index (χ0) is 9.84. The number of rotatable bonds is 3. The number of aliphatic hydroxyl groups is 1. The SMILES string of the molecule is CC(O)C(CN)c1ccccc1F. The quantitative estimate of drug-likeness (QED) is 0.740. The molecule has 0 aliphatic rings. The van der Waals surface area contributed by atoms with Gasteiger partial charge in [0.25, 0.3) is 0 Å². The van der Waals surface area contributed by atoms with Crippen LogP contribution in [-0.2, 0) is 0 Å². The maximum atomic E-state index is 13.2. The molecular formula is C10H14FNO. The van der Waals surface area contributed by atoms with Crippen molar-refractivity contribution in [3.05, 3.63) is 35.6 Å². The lowest BCUT2D eigenvalue weighted by Crippen LogP contribution is -2.24. The molecule has 0 aliphatic heterocycles. The number of aliphatic hydroxyl groups excluding tert-OH is 1. The molecular weight excluding hydrogens is 169 g/mol. The third-order valence-electron chi connectivity index (χ3n) is 2.14. The number of halogens is 1. The van der Waals surface area contributed by atoms with E-state index in [0.717, 1.165) is 0 Å². The Morgan fingerprint density at radius 2 is 2.08 bits per heavy atom. The summed E-state index contributed by atoms with van der Waals surface area (Å²) in [6, 6.07) is 6.39. The molecule has 0 aliphatic carbocycles. The van der Waals surface area contributed by atoms with Crippen LogP contribution in [0.2, 0.25) is 0 Å². The van der Waals surface area contributed by atoms with Gasteiger partial charge in [-0.3, -0.25) is 0 Å². The van der Waals surface area contributed by atoms with E-state index in [-0.39, 0.29) is 18.3 Å². The number of hydrogen-bond acceptors (Lipinski definition) is 2. The number of nitrogens with two attached hydrogens (primary N) is 1. The molecule has 1 rings (SSSR count). The van der Waals surface area contributed by atoms with Crippen LogP contribution in [0.15, 0.2) is 24.3 Å². The van der Waals surface area contributed by atoms with Gasteiger partial charge in [-0.05, 0) is 18.6 Å². The number of hydrogen-bond donors (Lipinski definition) is 2. The zero-order valence-electron chi connectivity index (χ0n) is 7.57. The van der Waals surface area contributed by atoms with Crippen molar-refractivity contribution in [3.63, 3.8) is 0 Å². The van der Waals surface area contributed by atoms with Gasteiger partial charge in [-0.25, -0.2) is 4.39 Å². The Balaban J connectivity index is 2.97. The minimum absolute atomic E-state index is 0.249. The summed E-state index contributed by atoms with van der Waals surface area (Å²) >= 11 is 0. The van der Waals surface area contributed by atoms with E-state index in [1.54, 1.807) is 25.1 Å². The van der Waals surface area contributed by atoms with Gasteiger partial charge in [0.2, 0.25) is 0 Å². The minimum atomic E-state index is -0.623. The van der Waals surface area contributed by atoms with Crippen LogP contribution in [0.3, 0.4) is 0 Å². The first-order chi connectivity index (χ1) is 6.16. The molecule has 2 unspecified atom stereocenters. The highest BCUT2D eigenvalue weighted by Crippen LogP contribution is 2.21. The van der Waals surface area contributed by atoms with E-state index in [2.05, 4.69) is 0 Å². The summed E-state index contributed by atoms with van der Waals surface area (Å²) < 4.78 is 13.2. The van der Waals surface area contributed by atoms with Crippen LogP contribution >= 0.6 is 0 Å². The molecule has 0 heterocycles. The highest BCUT2D eigenvalue weighted by Gasteiger charge is 2.18. The van der Waals surface area contributed by atoms with Crippen molar-refractivity contribution in [3.8, 4) is 0 Å². The van der Waals surface area contributed by atoms with Crippen molar-refractivity contribution >= 4 is 0 Å². The molecule has 0 aromatic heterocycles. The van der Waals surface area contributed by atoms with Gasteiger partial charge in [-0.1, -0.05) is 18.2 Å². The van der Waals surface area contributed by atoms with E-state index in [0.29, 0.717) is 5.56 Å².